The van der Waals surface area contributed by atoms with Gasteiger partial charge in [0.2, 0.25) is 0 Å². The number of nitrogens with zero attached hydrogens (tertiary/aromatic N) is 2. The summed E-state index contributed by atoms with van der Waals surface area (Å²) in [6.07, 6.45) is -4.58. The van der Waals surface area contributed by atoms with Crippen molar-refractivity contribution in [1.82, 2.24) is 15.0 Å². The first-order valence-electron chi connectivity index (χ1n) is 10.9. The fraction of sp³-hybridized carbons (Fsp3) is 0.192. The Kier molecular flexibility index (Phi) is 5.91. The van der Waals surface area contributed by atoms with Crippen molar-refractivity contribution in [2.24, 2.45) is 0 Å². The molecule has 0 unspecified atom stereocenters. The van der Waals surface area contributed by atoms with E-state index in [-0.39, 0.29) is 22.0 Å². The van der Waals surface area contributed by atoms with Gasteiger partial charge in [0.15, 0.2) is 0 Å². The molecule has 0 atom stereocenters. The third kappa shape index (κ3) is 4.39. The monoisotopic (exact) mass is 511 g/mol. The Hall–Kier alpha value is -3.92. The highest BCUT2D eigenvalue weighted by atomic mass is 32.1. The van der Waals surface area contributed by atoms with Crippen molar-refractivity contribution in [1.29, 1.82) is 0 Å². The number of thiophene rings is 1. The van der Waals surface area contributed by atoms with Gasteiger partial charge in [0.1, 0.15) is 39.2 Å². The number of rotatable bonds is 5. The highest BCUT2D eigenvalue weighted by Gasteiger charge is 2.33. The van der Waals surface area contributed by atoms with Gasteiger partial charge in [-0.3, -0.25) is 4.79 Å². The molecule has 0 aliphatic heterocycles. The van der Waals surface area contributed by atoms with Crippen LogP contribution < -0.4 is 15.0 Å². The van der Waals surface area contributed by atoms with E-state index in [2.05, 4.69) is 15.0 Å². The number of aryl methyl sites for hydroxylation is 2. The number of hydrogen-bond donors (Lipinski definition) is 1. The molecule has 0 spiro atoms. The largest absolute Gasteiger partial charge is 0.496 e. The molecule has 0 fully saturated rings. The summed E-state index contributed by atoms with van der Waals surface area (Å²) in [6.45, 7) is 3.77. The maximum absolute atomic E-state index is 13.2. The van der Waals surface area contributed by atoms with Gasteiger partial charge < -0.3 is 14.5 Å². The van der Waals surface area contributed by atoms with Crippen LogP contribution in [0.25, 0.3) is 31.8 Å². The summed E-state index contributed by atoms with van der Waals surface area (Å²) in [4.78, 5) is 24.1. The van der Waals surface area contributed by atoms with Crippen molar-refractivity contribution in [3.8, 4) is 22.9 Å². The van der Waals surface area contributed by atoms with Crippen molar-refractivity contribution in [2.75, 3.05) is 7.11 Å². The Morgan fingerprint density at radius 2 is 1.78 bits per heavy atom. The zero-order chi connectivity index (χ0) is 25.6. The van der Waals surface area contributed by atoms with Gasteiger partial charge in [-0.05, 0) is 55.8 Å². The lowest BCUT2D eigenvalue weighted by atomic mass is 10.1. The Labute approximate surface area is 207 Å². The highest BCUT2D eigenvalue weighted by molar-refractivity contribution is 7.25. The molecule has 184 valence electrons. The number of fused-ring (bicyclic) bond motifs is 3. The van der Waals surface area contributed by atoms with Crippen LogP contribution >= 0.6 is 11.3 Å². The van der Waals surface area contributed by atoms with E-state index in [4.69, 9.17) is 9.47 Å². The lowest BCUT2D eigenvalue weighted by molar-refractivity contribution is -0.141. The fourth-order valence-corrected chi connectivity index (χ4v) is 5.03. The van der Waals surface area contributed by atoms with E-state index in [0.717, 1.165) is 28.5 Å². The van der Waals surface area contributed by atoms with Gasteiger partial charge in [0.05, 0.1) is 12.6 Å². The second kappa shape index (κ2) is 8.94. The van der Waals surface area contributed by atoms with Crippen molar-refractivity contribution in [2.45, 2.75) is 26.6 Å². The Balaban J connectivity index is 1.58. The van der Waals surface area contributed by atoms with E-state index in [9.17, 15) is 18.0 Å². The van der Waals surface area contributed by atoms with Crippen molar-refractivity contribution >= 4 is 31.8 Å². The molecule has 5 rings (SSSR count). The summed E-state index contributed by atoms with van der Waals surface area (Å²) >= 11 is 0.895. The fourth-order valence-electron chi connectivity index (χ4n) is 3.94. The highest BCUT2D eigenvalue weighted by Crippen LogP contribution is 2.37. The molecule has 5 aromatic rings. The van der Waals surface area contributed by atoms with Crippen LogP contribution in [0.4, 0.5) is 13.2 Å². The van der Waals surface area contributed by atoms with Crippen LogP contribution in [0.2, 0.25) is 0 Å². The summed E-state index contributed by atoms with van der Waals surface area (Å²) in [5.41, 5.74) is 1.69. The van der Waals surface area contributed by atoms with Crippen LogP contribution in [0.1, 0.15) is 22.4 Å². The van der Waals surface area contributed by atoms with Crippen LogP contribution in [0.15, 0.2) is 53.3 Å². The number of hydrogen-bond acceptors (Lipinski definition) is 6. The quantitative estimate of drug-likeness (QED) is 0.295. The minimum Gasteiger partial charge on any atom is -0.496 e. The van der Waals surface area contributed by atoms with Crippen LogP contribution in [-0.4, -0.2) is 22.1 Å². The molecule has 0 saturated heterocycles. The van der Waals surface area contributed by atoms with E-state index in [1.807, 2.05) is 31.2 Å². The van der Waals surface area contributed by atoms with E-state index in [1.165, 1.54) is 0 Å². The Morgan fingerprint density at radius 1 is 1.03 bits per heavy atom. The first-order chi connectivity index (χ1) is 17.1. The van der Waals surface area contributed by atoms with Gasteiger partial charge in [0.25, 0.3) is 5.56 Å². The Bertz CT molecular complexity index is 1660. The van der Waals surface area contributed by atoms with Gasteiger partial charge in [-0.15, -0.1) is 11.3 Å². The third-order valence-corrected chi connectivity index (χ3v) is 6.83. The summed E-state index contributed by atoms with van der Waals surface area (Å²) in [7, 11) is 1.55. The molecular weight excluding hydrogens is 491 g/mol. The number of H-pyrrole nitrogens is 1. The summed E-state index contributed by atoms with van der Waals surface area (Å²) in [5, 5.41) is 0.437. The van der Waals surface area contributed by atoms with Gasteiger partial charge >= 0.3 is 6.18 Å². The standard InChI is InChI=1S/C26H20F3N3O3S/c1-13-4-7-17(8-5-13)35-12-16-11-15(6-9-18(16)34-3)23-31-21-20-14(2)10-19(26(27,28)29)30-25(20)36-22(21)24(33)32-23/h4-11H,12H2,1-3H3,(H,31,32,33). The maximum Gasteiger partial charge on any atom is 0.433 e. The molecule has 3 aromatic heterocycles. The molecule has 0 aliphatic rings. The molecule has 0 amide bonds. The number of halogens is 3. The second-order valence-corrected chi connectivity index (χ2v) is 9.32. The maximum atomic E-state index is 13.2. The van der Waals surface area contributed by atoms with Crippen molar-refractivity contribution in [3.05, 3.63) is 81.3 Å². The SMILES string of the molecule is COc1ccc(-c2nc3c(sc4nc(C(F)(F)F)cc(C)c43)c(=O)[nH]2)cc1COc1ccc(C)cc1. The molecule has 0 radical (unpaired) electrons. The predicted molar refractivity (Wildman–Crippen MR) is 133 cm³/mol. The van der Waals surface area contributed by atoms with Crippen molar-refractivity contribution < 1.29 is 22.6 Å². The summed E-state index contributed by atoms with van der Waals surface area (Å²) in [5.74, 6) is 1.59. The van der Waals surface area contributed by atoms with Crippen LogP contribution in [-0.2, 0) is 12.8 Å². The number of alkyl halides is 3. The number of aromatic amines is 1. The number of methoxy groups -OCH3 is 1. The Morgan fingerprint density at radius 3 is 2.47 bits per heavy atom. The topological polar surface area (TPSA) is 77.1 Å². The lowest BCUT2D eigenvalue weighted by Crippen LogP contribution is -2.09. The van der Waals surface area contributed by atoms with E-state index in [0.29, 0.717) is 33.5 Å². The molecule has 10 heteroatoms. The van der Waals surface area contributed by atoms with Crippen LogP contribution in [0.5, 0.6) is 11.5 Å². The molecule has 36 heavy (non-hydrogen) atoms. The van der Waals surface area contributed by atoms with E-state index >= 15 is 0 Å². The molecule has 6 nitrogen and oxygen atoms in total. The number of nitrogens with one attached hydrogen (secondary N) is 1. The van der Waals surface area contributed by atoms with Gasteiger partial charge in [-0.2, -0.15) is 13.2 Å². The van der Waals surface area contributed by atoms with E-state index < -0.39 is 17.4 Å². The molecule has 2 aromatic carbocycles. The summed E-state index contributed by atoms with van der Waals surface area (Å²) < 4.78 is 51.3. The first-order valence-corrected chi connectivity index (χ1v) is 11.7. The number of aromatic nitrogens is 3. The van der Waals surface area contributed by atoms with Crippen LogP contribution in [0, 0.1) is 13.8 Å². The number of ether oxygens (including phenoxy) is 2. The summed E-state index contributed by atoms with van der Waals surface area (Å²) in [6, 6.07) is 13.9. The molecule has 0 saturated carbocycles. The van der Waals surface area contributed by atoms with Gasteiger partial charge in [-0.1, -0.05) is 17.7 Å². The third-order valence-electron chi connectivity index (χ3n) is 5.76. The average molecular weight is 512 g/mol. The zero-order valence-electron chi connectivity index (χ0n) is 19.5. The second-order valence-electron chi connectivity index (χ2n) is 8.32. The smallest absolute Gasteiger partial charge is 0.433 e. The molecule has 1 N–H and O–H groups in total. The first kappa shape index (κ1) is 23.8. The van der Waals surface area contributed by atoms with Gasteiger partial charge in [-0.25, -0.2) is 9.97 Å². The predicted octanol–water partition coefficient (Wildman–Crippen LogP) is 6.42. The minimum atomic E-state index is -4.58. The van der Waals surface area contributed by atoms with E-state index in [1.54, 1.807) is 32.2 Å². The van der Waals surface area contributed by atoms with Crippen LogP contribution in [0.3, 0.4) is 0 Å². The molecule has 0 aliphatic carbocycles. The number of benzene rings is 2. The molecular formula is C26H20F3N3O3S. The zero-order valence-corrected chi connectivity index (χ0v) is 20.3. The normalized spacial score (nSPS) is 11.8. The molecule has 0 bridgehead atoms. The minimum absolute atomic E-state index is 0.120. The lowest BCUT2D eigenvalue weighted by Gasteiger charge is -2.12. The van der Waals surface area contributed by atoms with Gasteiger partial charge in [0, 0.05) is 16.5 Å². The number of pyridine rings is 1. The molecule has 3 heterocycles. The average Bonchev–Trinajstić information content (AvgIpc) is 3.23. The van der Waals surface area contributed by atoms with Crippen molar-refractivity contribution in [3.63, 3.8) is 0 Å².